The van der Waals surface area contributed by atoms with E-state index in [4.69, 9.17) is 0 Å². The van der Waals surface area contributed by atoms with Gasteiger partial charge in [0, 0.05) is 42.4 Å². The molecule has 2 heterocycles. The highest BCUT2D eigenvalue weighted by Crippen LogP contribution is 2.30. The molecule has 1 aliphatic heterocycles. The van der Waals surface area contributed by atoms with Gasteiger partial charge in [-0.2, -0.15) is 0 Å². The number of amides is 1. The molecule has 1 saturated heterocycles. The number of pyridine rings is 1. The van der Waals surface area contributed by atoms with Crippen LogP contribution in [0.25, 0.3) is 10.9 Å². The minimum Gasteiger partial charge on any atom is -0.311 e. The van der Waals surface area contributed by atoms with Gasteiger partial charge in [0.2, 0.25) is 5.91 Å². The van der Waals surface area contributed by atoms with E-state index in [9.17, 15) is 9.59 Å². The molecule has 4 nitrogen and oxygen atoms in total. The smallest absolute Gasteiger partial charge is 0.228 e. The van der Waals surface area contributed by atoms with E-state index in [0.717, 1.165) is 16.6 Å². The molecule has 0 saturated carbocycles. The maximum Gasteiger partial charge on any atom is 0.228 e. The van der Waals surface area contributed by atoms with Gasteiger partial charge < -0.3 is 4.90 Å². The average molecular weight is 286 g/mol. The highest BCUT2D eigenvalue weighted by atomic mass is 32.2. The van der Waals surface area contributed by atoms with Crippen molar-refractivity contribution >= 4 is 39.4 Å². The summed E-state index contributed by atoms with van der Waals surface area (Å²) in [5, 5.41) is 1.14. The van der Waals surface area contributed by atoms with E-state index in [0.29, 0.717) is 13.0 Å². The van der Waals surface area contributed by atoms with Crippen LogP contribution in [0.4, 0.5) is 5.69 Å². The van der Waals surface area contributed by atoms with E-state index in [1.165, 1.54) is 11.8 Å². The molecule has 3 rings (SSSR count). The average Bonchev–Trinajstić information content (AvgIpc) is 2.78. The van der Waals surface area contributed by atoms with Gasteiger partial charge in [-0.25, -0.2) is 0 Å². The van der Waals surface area contributed by atoms with E-state index < -0.39 is 0 Å². The van der Waals surface area contributed by atoms with Crippen molar-refractivity contribution in [2.75, 3.05) is 11.4 Å². The summed E-state index contributed by atoms with van der Waals surface area (Å²) >= 11 is 1.25. The molecule has 1 aliphatic rings. The lowest BCUT2D eigenvalue weighted by Crippen LogP contribution is -2.24. The van der Waals surface area contributed by atoms with Gasteiger partial charge >= 0.3 is 0 Å². The Labute approximate surface area is 121 Å². The number of anilines is 1. The first kappa shape index (κ1) is 13.1. The van der Waals surface area contributed by atoms with E-state index in [1.807, 2.05) is 30.3 Å². The van der Waals surface area contributed by atoms with Gasteiger partial charge in [-0.3, -0.25) is 14.6 Å². The van der Waals surface area contributed by atoms with E-state index in [2.05, 4.69) is 4.98 Å². The number of rotatable bonds is 2. The number of nitrogens with zero attached hydrogens (tertiary/aromatic N) is 2. The van der Waals surface area contributed by atoms with Crippen molar-refractivity contribution in [2.45, 2.75) is 18.6 Å². The summed E-state index contributed by atoms with van der Waals surface area (Å²) < 4.78 is 0. The molecular formula is C15H14N2O2S. The summed E-state index contributed by atoms with van der Waals surface area (Å²) in [5.74, 6) is 0.0759. The number of carbonyl (C=O) groups is 2. The van der Waals surface area contributed by atoms with Crippen LogP contribution in [0.2, 0.25) is 0 Å². The number of hydrogen-bond acceptors (Lipinski definition) is 4. The van der Waals surface area contributed by atoms with Crippen molar-refractivity contribution in [3.05, 3.63) is 36.5 Å². The van der Waals surface area contributed by atoms with Crippen molar-refractivity contribution in [3.63, 3.8) is 0 Å². The van der Waals surface area contributed by atoms with Gasteiger partial charge in [0.05, 0.1) is 5.52 Å². The predicted octanol–water partition coefficient (Wildman–Crippen LogP) is 2.62. The third kappa shape index (κ3) is 2.54. The second-order valence-electron chi connectivity index (χ2n) is 4.82. The lowest BCUT2D eigenvalue weighted by Gasteiger charge is -2.16. The Bertz CT molecular complexity index is 686. The molecule has 1 amide bonds. The second kappa shape index (κ2) is 5.25. The normalized spacial score (nSPS) is 18.8. The zero-order valence-electron chi connectivity index (χ0n) is 11.1. The number of carbonyl (C=O) groups excluding carboxylic acids is 2. The van der Waals surface area contributed by atoms with Gasteiger partial charge in [-0.1, -0.05) is 17.8 Å². The Hall–Kier alpha value is -1.88. The Morgan fingerprint density at radius 3 is 3.05 bits per heavy atom. The van der Waals surface area contributed by atoms with Crippen LogP contribution in [-0.4, -0.2) is 27.8 Å². The van der Waals surface area contributed by atoms with Crippen LogP contribution in [0.3, 0.4) is 0 Å². The van der Waals surface area contributed by atoms with Crippen LogP contribution < -0.4 is 4.90 Å². The van der Waals surface area contributed by atoms with Gasteiger partial charge in [-0.05, 0) is 24.3 Å². The molecule has 5 heteroatoms. The predicted molar refractivity (Wildman–Crippen MR) is 80.8 cm³/mol. The van der Waals surface area contributed by atoms with Crippen molar-refractivity contribution in [2.24, 2.45) is 0 Å². The maximum absolute atomic E-state index is 12.1. The first-order valence-electron chi connectivity index (χ1n) is 6.46. The Morgan fingerprint density at radius 1 is 1.40 bits per heavy atom. The molecule has 0 aliphatic carbocycles. The maximum atomic E-state index is 12.1. The van der Waals surface area contributed by atoms with Gasteiger partial charge in [0.25, 0.3) is 0 Å². The highest BCUT2D eigenvalue weighted by molar-refractivity contribution is 8.14. The lowest BCUT2D eigenvalue weighted by molar-refractivity contribution is -0.117. The molecule has 2 aromatic rings. The number of thioether (sulfide) groups is 1. The first-order chi connectivity index (χ1) is 9.63. The van der Waals surface area contributed by atoms with Crippen LogP contribution in [0.1, 0.15) is 13.3 Å². The molecule has 1 aromatic heterocycles. The number of aromatic nitrogens is 1. The molecule has 1 aromatic carbocycles. The zero-order chi connectivity index (χ0) is 14.1. The fourth-order valence-electron chi connectivity index (χ4n) is 2.47. The molecule has 0 N–H and O–H groups in total. The fourth-order valence-corrected chi connectivity index (χ4v) is 3.39. The summed E-state index contributed by atoms with van der Waals surface area (Å²) in [6.07, 6.45) is 2.18. The van der Waals surface area contributed by atoms with Crippen molar-refractivity contribution in [1.29, 1.82) is 0 Å². The monoisotopic (exact) mass is 286 g/mol. The molecule has 20 heavy (non-hydrogen) atoms. The largest absolute Gasteiger partial charge is 0.311 e. The molecule has 1 atom stereocenters. The second-order valence-corrected chi connectivity index (χ2v) is 6.30. The van der Waals surface area contributed by atoms with Crippen LogP contribution in [0, 0.1) is 0 Å². The molecule has 0 bridgehead atoms. The SMILES string of the molecule is CC(=O)SC1CC(=O)N(c2ccc3ncccc3c2)C1. The third-order valence-electron chi connectivity index (χ3n) is 3.32. The lowest BCUT2D eigenvalue weighted by atomic mass is 10.2. The number of fused-ring (bicyclic) bond motifs is 1. The minimum atomic E-state index is 0.0598. The Kier molecular flexibility index (Phi) is 3.44. The zero-order valence-corrected chi connectivity index (χ0v) is 11.9. The van der Waals surface area contributed by atoms with Gasteiger partial charge in [-0.15, -0.1) is 0 Å². The standard InChI is InChI=1S/C15H14N2O2S/c1-10(18)20-13-8-15(19)17(9-13)12-4-5-14-11(7-12)3-2-6-16-14/h2-7,13H,8-9H2,1H3. The van der Waals surface area contributed by atoms with Crippen LogP contribution >= 0.6 is 11.8 Å². The van der Waals surface area contributed by atoms with Crippen molar-refractivity contribution in [1.82, 2.24) is 4.98 Å². The summed E-state index contributed by atoms with van der Waals surface area (Å²) in [4.78, 5) is 29.3. The topological polar surface area (TPSA) is 50.3 Å². The van der Waals surface area contributed by atoms with E-state index in [1.54, 1.807) is 18.0 Å². The molecule has 0 spiro atoms. The van der Waals surface area contributed by atoms with Crippen molar-refractivity contribution < 1.29 is 9.59 Å². The number of benzene rings is 1. The van der Waals surface area contributed by atoms with E-state index >= 15 is 0 Å². The quantitative estimate of drug-likeness (QED) is 0.851. The van der Waals surface area contributed by atoms with Crippen molar-refractivity contribution in [3.8, 4) is 0 Å². The summed E-state index contributed by atoms with van der Waals surface area (Å²) in [6.45, 7) is 2.13. The van der Waals surface area contributed by atoms with Crippen LogP contribution in [-0.2, 0) is 9.59 Å². The summed E-state index contributed by atoms with van der Waals surface area (Å²) in [7, 11) is 0. The summed E-state index contributed by atoms with van der Waals surface area (Å²) in [5.41, 5.74) is 1.79. The number of hydrogen-bond donors (Lipinski definition) is 0. The first-order valence-corrected chi connectivity index (χ1v) is 7.34. The van der Waals surface area contributed by atoms with Gasteiger partial charge in [0.15, 0.2) is 5.12 Å². The molecule has 1 unspecified atom stereocenters. The fraction of sp³-hybridized carbons (Fsp3) is 0.267. The molecule has 1 fully saturated rings. The summed E-state index contributed by atoms with van der Waals surface area (Å²) in [6, 6.07) is 9.67. The highest BCUT2D eigenvalue weighted by Gasteiger charge is 2.31. The van der Waals surface area contributed by atoms with Crippen LogP contribution in [0.15, 0.2) is 36.5 Å². The Balaban J connectivity index is 1.87. The van der Waals surface area contributed by atoms with Gasteiger partial charge in [0.1, 0.15) is 0 Å². The molecular weight excluding hydrogens is 272 g/mol. The van der Waals surface area contributed by atoms with Crippen LogP contribution in [0.5, 0.6) is 0 Å². The minimum absolute atomic E-state index is 0.0598. The molecule has 0 radical (unpaired) electrons. The van der Waals surface area contributed by atoms with E-state index in [-0.39, 0.29) is 16.3 Å². The third-order valence-corrected chi connectivity index (χ3v) is 4.30. The Morgan fingerprint density at radius 2 is 2.25 bits per heavy atom. The molecule has 102 valence electrons.